The maximum absolute atomic E-state index is 14.1. The number of aliphatic imine (C=N–C) groups is 2. The highest BCUT2D eigenvalue weighted by Gasteiger charge is 2.36. The lowest BCUT2D eigenvalue weighted by Crippen LogP contribution is -2.32. The molecule has 0 aliphatic carbocycles. The van der Waals surface area contributed by atoms with Gasteiger partial charge in [-0.25, -0.2) is 9.98 Å². The number of hydrogen-bond donors (Lipinski definition) is 1. The molecule has 2 saturated heterocycles. The minimum absolute atomic E-state index is 0.142. The Kier molecular flexibility index (Phi) is 10.4. The van der Waals surface area contributed by atoms with E-state index in [1.165, 1.54) is 28.4 Å². The summed E-state index contributed by atoms with van der Waals surface area (Å²) >= 11 is 4.50. The first-order valence-corrected chi connectivity index (χ1v) is 21.1. The van der Waals surface area contributed by atoms with Crippen molar-refractivity contribution in [3.8, 4) is 11.1 Å². The largest absolute Gasteiger partial charge is 0.464 e. The molecule has 278 valence electrons. The minimum atomic E-state index is -0.903. The zero-order valence-corrected chi connectivity index (χ0v) is 33.0. The molecule has 0 spiro atoms. The third-order valence-corrected chi connectivity index (χ3v) is 12.2. The zero-order valence-electron chi connectivity index (χ0n) is 30.6. The van der Waals surface area contributed by atoms with E-state index in [-0.39, 0.29) is 5.91 Å². The van der Waals surface area contributed by atoms with E-state index >= 15 is 0 Å². The molecular formula is C47H34N4O3S3. The van der Waals surface area contributed by atoms with E-state index in [1.54, 1.807) is 22.9 Å². The highest BCUT2D eigenvalue weighted by atomic mass is 32.2. The maximum Gasteiger partial charge on any atom is 0.271 e. The molecule has 2 aliphatic rings. The molecule has 7 aromatic rings. The molecule has 1 N–H and O–H groups in total. The van der Waals surface area contributed by atoms with Crippen LogP contribution in [0.5, 0.6) is 0 Å². The van der Waals surface area contributed by atoms with Crippen molar-refractivity contribution >= 4 is 97.4 Å². The van der Waals surface area contributed by atoms with E-state index < -0.39 is 6.23 Å². The van der Waals surface area contributed by atoms with E-state index in [9.17, 15) is 9.90 Å². The fourth-order valence-corrected chi connectivity index (χ4v) is 9.18. The minimum Gasteiger partial charge on any atom is -0.464 e. The Morgan fingerprint density at radius 3 is 2.11 bits per heavy atom. The van der Waals surface area contributed by atoms with Gasteiger partial charge in [0.1, 0.15) is 5.58 Å². The molecule has 0 bridgehead atoms. The Hall–Kier alpha value is -6.04. The Morgan fingerprint density at radius 1 is 0.684 bits per heavy atom. The van der Waals surface area contributed by atoms with Gasteiger partial charge in [-0.05, 0) is 126 Å². The second-order valence-electron chi connectivity index (χ2n) is 13.2. The smallest absolute Gasteiger partial charge is 0.271 e. The lowest BCUT2D eigenvalue weighted by Gasteiger charge is -2.22. The van der Waals surface area contributed by atoms with Crippen molar-refractivity contribution < 1.29 is 14.3 Å². The van der Waals surface area contributed by atoms with Crippen molar-refractivity contribution in [1.29, 1.82) is 0 Å². The molecule has 1 aromatic heterocycles. The van der Waals surface area contributed by atoms with Crippen molar-refractivity contribution in [1.82, 2.24) is 0 Å². The van der Waals surface area contributed by atoms with Crippen LogP contribution in [0.15, 0.2) is 193 Å². The summed E-state index contributed by atoms with van der Waals surface area (Å²) < 4.78 is 6.05. The zero-order chi connectivity index (χ0) is 38.7. The van der Waals surface area contributed by atoms with Crippen molar-refractivity contribution in [3.63, 3.8) is 0 Å². The van der Waals surface area contributed by atoms with E-state index in [4.69, 9.17) is 14.4 Å². The first-order chi connectivity index (χ1) is 28.0. The first kappa shape index (κ1) is 36.6. The summed E-state index contributed by atoms with van der Waals surface area (Å²) in [4.78, 5) is 30.1. The standard InChI is InChI=1S/C47H34N4O3S3/c1-55-39-22-20-31(21-23-39)28-41-44(52)51(38-18-9-4-10-19-38)47(56-41)49-36-15-11-12-33(30-36)40-27-32(26-34-24-25-54-43(34)40)29-42-45(53)50(37-16-7-3-8-17-37)46(57-42)48-35-13-5-2-6-14-35/h2-30,44,52H,1H3/b41-28-,42-29-,48-46?,49-47?. The normalized spacial score (nSPS) is 18.6. The average Bonchev–Trinajstić information content (AvgIpc) is 3.93. The number of anilines is 2. The molecule has 1 amide bonds. The molecular weight excluding hydrogens is 765 g/mol. The molecule has 9 rings (SSSR count). The first-order valence-electron chi connectivity index (χ1n) is 18.2. The summed E-state index contributed by atoms with van der Waals surface area (Å²) in [5.74, 6) is -0.142. The van der Waals surface area contributed by atoms with Gasteiger partial charge < -0.3 is 9.52 Å². The fraction of sp³-hybridized carbons (Fsp3) is 0.0426. The number of benzene rings is 6. The van der Waals surface area contributed by atoms with Gasteiger partial charge in [-0.1, -0.05) is 90.6 Å². The quantitative estimate of drug-likeness (QED) is 0.121. The Morgan fingerprint density at radius 2 is 1.37 bits per heavy atom. The Labute approximate surface area is 343 Å². The number of aliphatic hydroxyl groups excluding tert-OH is 1. The van der Waals surface area contributed by atoms with Crippen LogP contribution in [0.1, 0.15) is 11.1 Å². The van der Waals surface area contributed by atoms with Gasteiger partial charge in [0.15, 0.2) is 16.6 Å². The second kappa shape index (κ2) is 16.2. The number of rotatable bonds is 8. The van der Waals surface area contributed by atoms with Gasteiger partial charge in [-0.3, -0.25) is 14.6 Å². The van der Waals surface area contributed by atoms with Crippen molar-refractivity contribution in [2.75, 3.05) is 16.1 Å². The average molecular weight is 799 g/mol. The van der Waals surface area contributed by atoms with E-state index in [1.807, 2.05) is 151 Å². The Balaban J connectivity index is 1.08. The molecule has 2 aliphatic heterocycles. The number of para-hydroxylation sites is 3. The van der Waals surface area contributed by atoms with Crippen LogP contribution in [0, 0.1) is 0 Å². The number of hydrogen-bond acceptors (Lipinski definition) is 8. The molecule has 57 heavy (non-hydrogen) atoms. The van der Waals surface area contributed by atoms with Crippen molar-refractivity contribution in [2.24, 2.45) is 9.98 Å². The SMILES string of the molecule is CSc1ccc(/C=C2\SC(=Nc3cccc(-c4cc(/C=C5\SC(=Nc6ccccc6)N(c6ccccc6)C5=O)cc5ccoc45)c3)N(c3ccccc3)C2O)cc1. The van der Waals surface area contributed by atoms with Crippen LogP contribution in [-0.2, 0) is 4.79 Å². The summed E-state index contributed by atoms with van der Waals surface area (Å²) in [6, 6.07) is 51.4. The summed E-state index contributed by atoms with van der Waals surface area (Å²) in [7, 11) is 0. The number of aliphatic hydroxyl groups is 1. The molecule has 6 aromatic carbocycles. The number of nitrogens with zero attached hydrogens (tertiary/aromatic N) is 4. The van der Waals surface area contributed by atoms with Gasteiger partial charge in [0, 0.05) is 26.4 Å². The number of fused-ring (bicyclic) bond motifs is 1. The number of amides is 1. The molecule has 1 unspecified atom stereocenters. The van der Waals surface area contributed by atoms with Crippen LogP contribution >= 0.6 is 35.3 Å². The molecule has 3 heterocycles. The topological polar surface area (TPSA) is 81.6 Å². The van der Waals surface area contributed by atoms with Crippen molar-refractivity contribution in [3.05, 3.63) is 185 Å². The van der Waals surface area contributed by atoms with Crippen LogP contribution in [0.25, 0.3) is 34.2 Å². The van der Waals surface area contributed by atoms with Crippen LogP contribution in [-0.4, -0.2) is 33.8 Å². The van der Waals surface area contributed by atoms with Gasteiger partial charge in [-0.2, -0.15) is 0 Å². The highest BCUT2D eigenvalue weighted by Crippen LogP contribution is 2.42. The number of thioether (sulfide) groups is 3. The van der Waals surface area contributed by atoms with Crippen LogP contribution in [0.3, 0.4) is 0 Å². The number of carbonyl (C=O) groups is 1. The van der Waals surface area contributed by atoms with E-state index in [0.29, 0.717) is 15.2 Å². The second-order valence-corrected chi connectivity index (χ2v) is 16.1. The third-order valence-electron chi connectivity index (χ3n) is 9.43. The van der Waals surface area contributed by atoms with Crippen LogP contribution < -0.4 is 9.80 Å². The lowest BCUT2D eigenvalue weighted by molar-refractivity contribution is -0.113. The molecule has 2 fully saturated rings. The van der Waals surface area contributed by atoms with Gasteiger partial charge >= 0.3 is 0 Å². The van der Waals surface area contributed by atoms with Gasteiger partial charge in [-0.15, -0.1) is 11.8 Å². The molecule has 10 heteroatoms. The summed E-state index contributed by atoms with van der Waals surface area (Å²) in [5.41, 5.74) is 7.45. The third kappa shape index (κ3) is 7.73. The number of carbonyl (C=O) groups excluding carboxylic acids is 1. The summed E-state index contributed by atoms with van der Waals surface area (Å²) in [5, 5.41) is 13.8. The van der Waals surface area contributed by atoms with Crippen molar-refractivity contribution in [2.45, 2.75) is 11.1 Å². The van der Waals surface area contributed by atoms with Gasteiger partial charge in [0.25, 0.3) is 5.91 Å². The lowest BCUT2D eigenvalue weighted by atomic mass is 9.99. The monoisotopic (exact) mass is 798 g/mol. The molecule has 1 atom stereocenters. The molecule has 0 radical (unpaired) electrons. The van der Waals surface area contributed by atoms with Crippen LogP contribution in [0.2, 0.25) is 0 Å². The van der Waals surface area contributed by atoms with E-state index in [0.717, 1.165) is 60.9 Å². The van der Waals surface area contributed by atoms with Gasteiger partial charge in [0.2, 0.25) is 0 Å². The fourth-order valence-electron chi connectivity index (χ4n) is 6.70. The number of furan rings is 1. The maximum atomic E-state index is 14.1. The Bertz CT molecular complexity index is 2710. The highest BCUT2D eigenvalue weighted by molar-refractivity contribution is 8.19. The van der Waals surface area contributed by atoms with Crippen LogP contribution in [0.4, 0.5) is 22.7 Å². The summed E-state index contributed by atoms with van der Waals surface area (Å²) in [6.07, 6.45) is 6.78. The number of amidine groups is 2. The predicted octanol–water partition coefficient (Wildman–Crippen LogP) is 12.2. The molecule has 7 nitrogen and oxygen atoms in total. The summed E-state index contributed by atoms with van der Waals surface area (Å²) in [6.45, 7) is 0. The molecule has 0 saturated carbocycles. The predicted molar refractivity (Wildman–Crippen MR) is 240 cm³/mol. The van der Waals surface area contributed by atoms with Gasteiger partial charge in [0.05, 0.1) is 28.2 Å². The van der Waals surface area contributed by atoms with E-state index in [2.05, 4.69) is 30.5 Å².